The van der Waals surface area contributed by atoms with Crippen molar-refractivity contribution in [1.29, 1.82) is 5.26 Å². The molecule has 96 valence electrons. The molecule has 0 spiro atoms. The minimum absolute atomic E-state index is 0.545. The van der Waals surface area contributed by atoms with Crippen molar-refractivity contribution in [2.75, 3.05) is 19.0 Å². The molecule has 1 aromatic heterocycles. The van der Waals surface area contributed by atoms with Gasteiger partial charge in [-0.1, -0.05) is 29.8 Å². The van der Waals surface area contributed by atoms with E-state index in [2.05, 4.69) is 11.1 Å². The fourth-order valence-electron chi connectivity index (χ4n) is 1.98. The van der Waals surface area contributed by atoms with Crippen LogP contribution in [0.2, 0.25) is 5.02 Å². The van der Waals surface area contributed by atoms with Gasteiger partial charge in [0.05, 0.1) is 0 Å². The van der Waals surface area contributed by atoms with Crippen LogP contribution in [0, 0.1) is 18.3 Å². The molecule has 0 N–H and O–H groups in total. The number of aryl methyl sites for hydroxylation is 1. The Hall–Kier alpha value is -2.05. The quantitative estimate of drug-likeness (QED) is 0.837. The molecule has 0 amide bonds. The first kappa shape index (κ1) is 13.4. The Kier molecular flexibility index (Phi) is 3.73. The highest BCUT2D eigenvalue weighted by atomic mass is 35.5. The number of hydrogen-bond donors (Lipinski definition) is 0. The Bertz CT molecular complexity index is 657. The van der Waals surface area contributed by atoms with Crippen molar-refractivity contribution in [1.82, 2.24) is 4.98 Å². The second-order valence-electron chi connectivity index (χ2n) is 4.50. The van der Waals surface area contributed by atoms with Gasteiger partial charge in [-0.2, -0.15) is 5.26 Å². The standard InChI is InChI=1S/C15H14ClN3/c1-10-8-12(11-6-4-5-7-14(11)16)13(9-17)15(18-10)19(2)3/h4-8H,1-3H3. The van der Waals surface area contributed by atoms with Gasteiger partial charge in [-0.05, 0) is 19.1 Å². The molecule has 0 aliphatic rings. The first-order valence-electron chi connectivity index (χ1n) is 5.88. The lowest BCUT2D eigenvalue weighted by Gasteiger charge is -2.17. The number of nitriles is 1. The fourth-order valence-corrected chi connectivity index (χ4v) is 2.22. The van der Waals surface area contributed by atoms with Crippen LogP contribution in [0.25, 0.3) is 11.1 Å². The minimum atomic E-state index is 0.545. The zero-order chi connectivity index (χ0) is 14.0. The molecule has 19 heavy (non-hydrogen) atoms. The van der Waals surface area contributed by atoms with E-state index in [1.165, 1.54) is 0 Å². The van der Waals surface area contributed by atoms with Gasteiger partial charge >= 0.3 is 0 Å². The number of pyridine rings is 1. The highest BCUT2D eigenvalue weighted by molar-refractivity contribution is 6.33. The summed E-state index contributed by atoms with van der Waals surface area (Å²) in [5, 5.41) is 10.1. The molecule has 0 aliphatic carbocycles. The molecule has 0 atom stereocenters. The highest BCUT2D eigenvalue weighted by Crippen LogP contribution is 2.33. The SMILES string of the molecule is Cc1cc(-c2ccccc2Cl)c(C#N)c(N(C)C)n1. The van der Waals surface area contributed by atoms with Gasteiger partial charge in [0.1, 0.15) is 17.5 Å². The number of nitrogens with zero attached hydrogens (tertiary/aromatic N) is 3. The van der Waals surface area contributed by atoms with E-state index in [0.717, 1.165) is 16.8 Å². The van der Waals surface area contributed by atoms with Gasteiger partial charge in [0.2, 0.25) is 0 Å². The third-order valence-corrected chi connectivity index (χ3v) is 3.16. The Morgan fingerprint density at radius 2 is 1.89 bits per heavy atom. The second kappa shape index (κ2) is 5.29. The molecule has 1 heterocycles. The van der Waals surface area contributed by atoms with Gasteiger partial charge < -0.3 is 4.90 Å². The summed E-state index contributed by atoms with van der Waals surface area (Å²) in [6.45, 7) is 1.91. The summed E-state index contributed by atoms with van der Waals surface area (Å²) < 4.78 is 0. The van der Waals surface area contributed by atoms with Crippen molar-refractivity contribution in [3.05, 3.63) is 46.6 Å². The van der Waals surface area contributed by atoms with E-state index >= 15 is 0 Å². The van der Waals surface area contributed by atoms with E-state index in [1.807, 2.05) is 56.3 Å². The number of benzene rings is 1. The molecule has 0 saturated carbocycles. The summed E-state index contributed by atoms with van der Waals surface area (Å²) in [6, 6.07) is 11.7. The van der Waals surface area contributed by atoms with Crippen molar-refractivity contribution in [3.8, 4) is 17.2 Å². The first-order valence-corrected chi connectivity index (χ1v) is 6.26. The van der Waals surface area contributed by atoms with Gasteiger partial charge in [0.25, 0.3) is 0 Å². The van der Waals surface area contributed by atoms with Crippen molar-refractivity contribution < 1.29 is 0 Å². The Morgan fingerprint density at radius 3 is 2.47 bits per heavy atom. The number of halogens is 1. The number of aromatic nitrogens is 1. The van der Waals surface area contributed by atoms with E-state index in [0.29, 0.717) is 16.4 Å². The van der Waals surface area contributed by atoms with E-state index in [9.17, 15) is 5.26 Å². The molecule has 2 rings (SSSR count). The molecule has 0 radical (unpaired) electrons. The van der Waals surface area contributed by atoms with Crippen molar-refractivity contribution in [2.24, 2.45) is 0 Å². The van der Waals surface area contributed by atoms with E-state index in [1.54, 1.807) is 0 Å². The van der Waals surface area contributed by atoms with Gasteiger partial charge in [-0.15, -0.1) is 0 Å². The maximum absolute atomic E-state index is 9.43. The topological polar surface area (TPSA) is 39.9 Å². The van der Waals surface area contributed by atoms with Gasteiger partial charge in [0.15, 0.2) is 0 Å². The van der Waals surface area contributed by atoms with Crippen LogP contribution < -0.4 is 4.90 Å². The van der Waals surface area contributed by atoms with Gasteiger partial charge in [-0.25, -0.2) is 4.98 Å². The lowest BCUT2D eigenvalue weighted by Crippen LogP contribution is -2.13. The summed E-state index contributed by atoms with van der Waals surface area (Å²) in [6.07, 6.45) is 0. The van der Waals surface area contributed by atoms with Crippen molar-refractivity contribution >= 4 is 17.4 Å². The Morgan fingerprint density at radius 1 is 1.21 bits per heavy atom. The normalized spacial score (nSPS) is 10.1. The average molecular weight is 272 g/mol. The lowest BCUT2D eigenvalue weighted by molar-refractivity contribution is 1.04. The Labute approximate surface area is 118 Å². The van der Waals surface area contributed by atoms with Crippen LogP contribution in [0.3, 0.4) is 0 Å². The van der Waals surface area contributed by atoms with E-state index < -0.39 is 0 Å². The van der Waals surface area contributed by atoms with Crippen LogP contribution in [-0.2, 0) is 0 Å². The predicted molar refractivity (Wildman–Crippen MR) is 78.5 cm³/mol. The second-order valence-corrected chi connectivity index (χ2v) is 4.90. The van der Waals surface area contributed by atoms with Crippen LogP contribution in [0.1, 0.15) is 11.3 Å². The predicted octanol–water partition coefficient (Wildman–Crippen LogP) is 3.65. The number of hydrogen-bond acceptors (Lipinski definition) is 3. The van der Waals surface area contributed by atoms with Crippen molar-refractivity contribution in [3.63, 3.8) is 0 Å². The maximum Gasteiger partial charge on any atom is 0.146 e. The van der Waals surface area contributed by atoms with Crippen molar-refractivity contribution in [2.45, 2.75) is 6.92 Å². The van der Waals surface area contributed by atoms with Crippen LogP contribution in [0.5, 0.6) is 0 Å². The van der Waals surface area contributed by atoms with E-state index in [-0.39, 0.29) is 0 Å². The molecule has 0 bridgehead atoms. The largest absolute Gasteiger partial charge is 0.362 e. The average Bonchev–Trinajstić information content (AvgIpc) is 2.38. The fraction of sp³-hybridized carbons (Fsp3) is 0.200. The third-order valence-electron chi connectivity index (χ3n) is 2.83. The van der Waals surface area contributed by atoms with E-state index in [4.69, 9.17) is 11.6 Å². The Balaban J connectivity index is 2.78. The zero-order valence-corrected chi connectivity index (χ0v) is 11.9. The van der Waals surface area contributed by atoms with Crippen LogP contribution in [0.15, 0.2) is 30.3 Å². The summed E-state index contributed by atoms with van der Waals surface area (Å²) in [5.41, 5.74) is 3.08. The monoisotopic (exact) mass is 271 g/mol. The van der Waals surface area contributed by atoms with Gasteiger partial charge in [-0.3, -0.25) is 0 Å². The molecular weight excluding hydrogens is 258 g/mol. The number of rotatable bonds is 2. The molecule has 0 saturated heterocycles. The molecular formula is C15H14ClN3. The molecule has 1 aromatic carbocycles. The summed E-state index contributed by atoms with van der Waals surface area (Å²) in [4.78, 5) is 6.26. The molecule has 0 unspecified atom stereocenters. The van der Waals surface area contributed by atoms with Crippen LogP contribution in [-0.4, -0.2) is 19.1 Å². The lowest BCUT2D eigenvalue weighted by atomic mass is 10.00. The summed E-state index contributed by atoms with van der Waals surface area (Å²) in [7, 11) is 3.75. The molecule has 0 aliphatic heterocycles. The van der Waals surface area contributed by atoms with Gasteiger partial charge in [0, 0.05) is 35.9 Å². The van der Waals surface area contributed by atoms with Crippen LogP contribution in [0.4, 0.5) is 5.82 Å². The molecule has 2 aromatic rings. The zero-order valence-electron chi connectivity index (χ0n) is 11.1. The summed E-state index contributed by atoms with van der Waals surface area (Å²) in [5.74, 6) is 0.664. The molecule has 4 heteroatoms. The molecule has 3 nitrogen and oxygen atoms in total. The third kappa shape index (κ3) is 2.54. The van der Waals surface area contributed by atoms with Crippen LogP contribution >= 0.6 is 11.6 Å². The molecule has 0 fully saturated rings. The smallest absolute Gasteiger partial charge is 0.146 e. The first-order chi connectivity index (χ1) is 9.04. The highest BCUT2D eigenvalue weighted by Gasteiger charge is 2.15. The summed E-state index contributed by atoms with van der Waals surface area (Å²) >= 11 is 6.23. The minimum Gasteiger partial charge on any atom is -0.362 e. The maximum atomic E-state index is 9.43. The number of anilines is 1.